The summed E-state index contributed by atoms with van der Waals surface area (Å²) in [5.41, 5.74) is 1.99. The van der Waals surface area contributed by atoms with E-state index in [2.05, 4.69) is 15.6 Å². The van der Waals surface area contributed by atoms with E-state index >= 15 is 0 Å². The normalized spacial score (nSPS) is 12.2. The van der Waals surface area contributed by atoms with Crippen LogP contribution in [0.4, 0.5) is 4.79 Å². The second-order valence-corrected chi connectivity index (χ2v) is 8.66. The summed E-state index contributed by atoms with van der Waals surface area (Å²) in [5.74, 6) is 0.928. The lowest BCUT2D eigenvalue weighted by Crippen LogP contribution is -2.49. The summed E-state index contributed by atoms with van der Waals surface area (Å²) >= 11 is 0. The van der Waals surface area contributed by atoms with Gasteiger partial charge in [-0.2, -0.15) is 0 Å². The summed E-state index contributed by atoms with van der Waals surface area (Å²) < 4.78 is 16.0. The number of ether oxygens (including phenoxy) is 3. The lowest BCUT2D eigenvalue weighted by molar-refractivity contribution is -0.123. The number of amides is 2. The van der Waals surface area contributed by atoms with Crippen LogP contribution in [0.25, 0.3) is 10.9 Å². The molecule has 0 bridgehead atoms. The lowest BCUT2D eigenvalue weighted by Gasteiger charge is -2.23. The van der Waals surface area contributed by atoms with Crippen molar-refractivity contribution in [3.63, 3.8) is 0 Å². The first-order valence-electron chi connectivity index (χ1n) is 10.7. The number of H-pyrrole nitrogens is 1. The number of carbonyl (C=O) groups is 2. The van der Waals surface area contributed by atoms with E-state index < -0.39 is 17.7 Å². The number of aromatic nitrogens is 1. The predicted molar refractivity (Wildman–Crippen MR) is 127 cm³/mol. The molecule has 3 N–H and O–H groups in total. The molecule has 1 unspecified atom stereocenters. The van der Waals surface area contributed by atoms with Crippen molar-refractivity contribution in [2.75, 3.05) is 14.2 Å². The zero-order chi connectivity index (χ0) is 24.0. The van der Waals surface area contributed by atoms with Crippen molar-refractivity contribution in [2.24, 2.45) is 0 Å². The predicted octanol–water partition coefficient (Wildman–Crippen LogP) is 3.94. The molecule has 3 rings (SSSR count). The molecule has 2 aromatic carbocycles. The first-order valence-corrected chi connectivity index (χ1v) is 10.7. The molecule has 2 amide bonds. The van der Waals surface area contributed by atoms with Crippen molar-refractivity contribution < 1.29 is 23.8 Å². The number of alkyl carbamates (subject to hydrolysis) is 1. The Morgan fingerprint density at radius 3 is 2.48 bits per heavy atom. The van der Waals surface area contributed by atoms with Gasteiger partial charge in [0, 0.05) is 41.7 Å². The Morgan fingerprint density at radius 2 is 1.79 bits per heavy atom. The number of rotatable bonds is 8. The second-order valence-electron chi connectivity index (χ2n) is 8.66. The van der Waals surface area contributed by atoms with Gasteiger partial charge >= 0.3 is 6.09 Å². The van der Waals surface area contributed by atoms with E-state index in [4.69, 9.17) is 14.2 Å². The molecule has 0 saturated carbocycles. The first-order chi connectivity index (χ1) is 15.7. The van der Waals surface area contributed by atoms with E-state index in [0.717, 1.165) is 22.0 Å². The Morgan fingerprint density at radius 1 is 1.03 bits per heavy atom. The number of hydrogen-bond donors (Lipinski definition) is 3. The minimum absolute atomic E-state index is 0.229. The van der Waals surface area contributed by atoms with Gasteiger partial charge in [0.25, 0.3) is 0 Å². The van der Waals surface area contributed by atoms with Gasteiger partial charge in [0.1, 0.15) is 23.1 Å². The van der Waals surface area contributed by atoms with Gasteiger partial charge in [-0.05, 0) is 44.5 Å². The van der Waals surface area contributed by atoms with Gasteiger partial charge in [-0.1, -0.05) is 18.2 Å². The molecule has 1 heterocycles. The highest BCUT2D eigenvalue weighted by Crippen LogP contribution is 2.24. The fraction of sp³-hybridized carbons (Fsp3) is 0.360. The van der Waals surface area contributed by atoms with Gasteiger partial charge < -0.3 is 29.8 Å². The topological polar surface area (TPSA) is 102 Å². The molecule has 0 fully saturated rings. The molecule has 8 heteroatoms. The van der Waals surface area contributed by atoms with Gasteiger partial charge in [-0.25, -0.2) is 4.79 Å². The molecular weight excluding hydrogens is 422 g/mol. The highest BCUT2D eigenvalue weighted by Gasteiger charge is 2.25. The number of nitrogens with one attached hydrogen (secondary N) is 3. The van der Waals surface area contributed by atoms with Crippen LogP contribution in [-0.2, 0) is 22.5 Å². The van der Waals surface area contributed by atoms with Gasteiger partial charge in [0.15, 0.2) is 0 Å². The fourth-order valence-electron chi connectivity index (χ4n) is 3.48. The number of fused-ring (bicyclic) bond motifs is 1. The minimum Gasteiger partial charge on any atom is -0.497 e. The molecule has 33 heavy (non-hydrogen) atoms. The molecule has 176 valence electrons. The van der Waals surface area contributed by atoms with E-state index in [1.165, 1.54) is 0 Å². The molecule has 1 aromatic heterocycles. The Hall–Kier alpha value is -3.68. The number of aromatic amines is 1. The molecular formula is C25H31N3O5. The Kier molecular flexibility index (Phi) is 7.48. The maximum atomic E-state index is 13.1. The number of hydrogen-bond acceptors (Lipinski definition) is 5. The Labute approximate surface area is 193 Å². The maximum absolute atomic E-state index is 13.1. The fourth-order valence-corrected chi connectivity index (χ4v) is 3.48. The van der Waals surface area contributed by atoms with Crippen molar-refractivity contribution in [3.05, 3.63) is 59.8 Å². The van der Waals surface area contributed by atoms with E-state index in [9.17, 15) is 9.59 Å². The number of para-hydroxylation sites is 1. The van der Waals surface area contributed by atoms with Gasteiger partial charge in [-0.3, -0.25) is 4.79 Å². The van der Waals surface area contributed by atoms with Crippen LogP contribution in [0.1, 0.15) is 31.9 Å². The Bertz CT molecular complexity index is 1120. The van der Waals surface area contributed by atoms with Gasteiger partial charge in [0.05, 0.1) is 14.2 Å². The van der Waals surface area contributed by atoms with Crippen LogP contribution < -0.4 is 20.1 Å². The smallest absolute Gasteiger partial charge is 0.408 e. The summed E-state index contributed by atoms with van der Waals surface area (Å²) in [7, 11) is 3.14. The summed E-state index contributed by atoms with van der Waals surface area (Å²) in [6.45, 7) is 5.55. The first kappa shape index (κ1) is 24.0. The average Bonchev–Trinajstić information content (AvgIpc) is 3.18. The van der Waals surface area contributed by atoms with Crippen molar-refractivity contribution in [1.29, 1.82) is 0 Å². The van der Waals surface area contributed by atoms with Crippen LogP contribution in [0.15, 0.2) is 48.7 Å². The second kappa shape index (κ2) is 10.3. The zero-order valence-electron chi connectivity index (χ0n) is 19.7. The van der Waals surface area contributed by atoms with E-state index in [-0.39, 0.29) is 12.5 Å². The van der Waals surface area contributed by atoms with Crippen LogP contribution in [0.5, 0.6) is 11.5 Å². The maximum Gasteiger partial charge on any atom is 0.408 e. The van der Waals surface area contributed by atoms with Crippen molar-refractivity contribution >= 4 is 22.9 Å². The quantitative estimate of drug-likeness (QED) is 0.480. The van der Waals surface area contributed by atoms with Crippen molar-refractivity contribution in [3.8, 4) is 11.5 Å². The summed E-state index contributed by atoms with van der Waals surface area (Å²) in [6.07, 6.45) is 1.51. The molecule has 0 radical (unpaired) electrons. The van der Waals surface area contributed by atoms with E-state index in [1.54, 1.807) is 47.1 Å². The highest BCUT2D eigenvalue weighted by molar-refractivity contribution is 5.88. The number of benzene rings is 2. The van der Waals surface area contributed by atoms with Crippen molar-refractivity contribution in [2.45, 2.75) is 45.4 Å². The molecule has 0 aliphatic carbocycles. The van der Waals surface area contributed by atoms with Crippen LogP contribution >= 0.6 is 0 Å². The average molecular weight is 454 g/mol. The summed E-state index contributed by atoms with van der Waals surface area (Å²) in [5, 5.41) is 6.62. The third kappa shape index (κ3) is 6.41. The van der Waals surface area contributed by atoms with Gasteiger partial charge in [-0.15, -0.1) is 0 Å². The monoisotopic (exact) mass is 453 g/mol. The molecule has 0 aliphatic heterocycles. The molecule has 8 nitrogen and oxygen atoms in total. The van der Waals surface area contributed by atoms with Crippen LogP contribution in [0.3, 0.4) is 0 Å². The van der Waals surface area contributed by atoms with Gasteiger partial charge in [0.2, 0.25) is 5.91 Å². The lowest BCUT2D eigenvalue weighted by atomic mass is 10.0. The van der Waals surface area contributed by atoms with E-state index in [1.807, 2.05) is 36.5 Å². The van der Waals surface area contributed by atoms with Crippen LogP contribution in [-0.4, -0.2) is 42.8 Å². The number of methoxy groups -OCH3 is 2. The molecule has 0 saturated heterocycles. The zero-order valence-corrected chi connectivity index (χ0v) is 19.7. The third-order valence-electron chi connectivity index (χ3n) is 5.05. The SMILES string of the molecule is COc1ccc(CNC(=O)C(Cc2c[nH]c3ccccc23)NC(=O)OC(C)(C)C)c(OC)c1. The van der Waals surface area contributed by atoms with Crippen LogP contribution in [0.2, 0.25) is 0 Å². The van der Waals surface area contributed by atoms with Crippen LogP contribution in [0, 0.1) is 0 Å². The molecule has 0 aliphatic rings. The summed E-state index contributed by atoms with van der Waals surface area (Å²) in [4.78, 5) is 28.8. The molecule has 1 atom stereocenters. The largest absolute Gasteiger partial charge is 0.497 e. The standard InChI is InChI=1S/C25H31N3O5/c1-25(2,3)33-24(30)28-21(12-17-15-26-20-9-7-6-8-19(17)20)23(29)27-14-16-10-11-18(31-4)13-22(16)32-5/h6-11,13,15,21,26H,12,14H2,1-5H3,(H,27,29)(H,28,30). The summed E-state index contributed by atoms with van der Waals surface area (Å²) in [6, 6.07) is 12.4. The molecule has 0 spiro atoms. The highest BCUT2D eigenvalue weighted by atomic mass is 16.6. The Balaban J connectivity index is 1.77. The van der Waals surface area contributed by atoms with Crippen molar-refractivity contribution in [1.82, 2.24) is 15.6 Å². The molecule has 3 aromatic rings. The third-order valence-corrected chi connectivity index (χ3v) is 5.05. The minimum atomic E-state index is -0.830. The van der Waals surface area contributed by atoms with E-state index in [0.29, 0.717) is 17.9 Å². The number of carbonyl (C=O) groups excluding carboxylic acids is 2.